The maximum atomic E-state index is 11.6. The Hall–Kier alpha value is -1.56. The van der Waals surface area contributed by atoms with Crippen molar-refractivity contribution < 1.29 is 9.53 Å². The van der Waals surface area contributed by atoms with Crippen molar-refractivity contribution in [1.82, 2.24) is 15.1 Å². The van der Waals surface area contributed by atoms with Crippen LogP contribution < -0.4 is 11.1 Å². The molecule has 0 bridgehead atoms. The molecule has 1 aromatic rings. The zero-order valence-corrected chi connectivity index (χ0v) is 9.64. The second-order valence-electron chi connectivity index (χ2n) is 3.57. The van der Waals surface area contributed by atoms with Gasteiger partial charge in [0.2, 0.25) is 5.91 Å². The van der Waals surface area contributed by atoms with Crippen LogP contribution in [0.15, 0.2) is 12.3 Å². The summed E-state index contributed by atoms with van der Waals surface area (Å²) in [5.74, 6) is 0.323. The molecule has 3 N–H and O–H groups in total. The number of nitrogens with zero attached hydrogens (tertiary/aromatic N) is 2. The van der Waals surface area contributed by atoms with Crippen LogP contribution in [0.3, 0.4) is 0 Å². The molecule has 1 unspecified atom stereocenters. The number of anilines is 1. The van der Waals surface area contributed by atoms with Gasteiger partial charge in [-0.25, -0.2) is 0 Å². The summed E-state index contributed by atoms with van der Waals surface area (Å²) in [6.07, 6.45) is 2.51. The van der Waals surface area contributed by atoms with Gasteiger partial charge < -0.3 is 15.8 Å². The average molecular weight is 226 g/mol. The molecule has 90 valence electrons. The van der Waals surface area contributed by atoms with E-state index in [9.17, 15) is 4.79 Å². The summed E-state index contributed by atoms with van der Waals surface area (Å²) >= 11 is 0. The normalized spacial score (nSPS) is 12.4. The molecule has 16 heavy (non-hydrogen) atoms. The zero-order chi connectivity index (χ0) is 12.0. The highest BCUT2D eigenvalue weighted by Gasteiger charge is 2.10. The molecule has 1 amide bonds. The first-order chi connectivity index (χ1) is 7.65. The highest BCUT2D eigenvalue weighted by Crippen LogP contribution is 1.96. The quantitative estimate of drug-likeness (QED) is 0.715. The van der Waals surface area contributed by atoms with Gasteiger partial charge >= 0.3 is 0 Å². The molecule has 6 nitrogen and oxygen atoms in total. The van der Waals surface area contributed by atoms with E-state index < -0.39 is 0 Å². The lowest BCUT2D eigenvalue weighted by Crippen LogP contribution is -2.39. The molecule has 0 aromatic carbocycles. The van der Waals surface area contributed by atoms with E-state index in [1.54, 1.807) is 19.4 Å². The van der Waals surface area contributed by atoms with E-state index in [0.717, 1.165) is 6.42 Å². The van der Waals surface area contributed by atoms with Gasteiger partial charge in [0.25, 0.3) is 0 Å². The molecule has 0 aliphatic rings. The number of nitrogen functional groups attached to an aromatic ring is 1. The SMILES string of the molecule is CCC(COC)NC(=O)Cn1ccc(N)n1. The fourth-order valence-electron chi connectivity index (χ4n) is 1.35. The van der Waals surface area contributed by atoms with Crippen LogP contribution in [0.2, 0.25) is 0 Å². The highest BCUT2D eigenvalue weighted by molar-refractivity contribution is 5.76. The van der Waals surface area contributed by atoms with Crippen molar-refractivity contribution in [1.29, 1.82) is 0 Å². The van der Waals surface area contributed by atoms with Crippen molar-refractivity contribution in [2.45, 2.75) is 25.9 Å². The molecule has 1 atom stereocenters. The molecule has 0 saturated carbocycles. The largest absolute Gasteiger partial charge is 0.383 e. The third kappa shape index (κ3) is 3.90. The van der Waals surface area contributed by atoms with E-state index >= 15 is 0 Å². The smallest absolute Gasteiger partial charge is 0.242 e. The number of aromatic nitrogens is 2. The van der Waals surface area contributed by atoms with Crippen LogP contribution in [-0.2, 0) is 16.1 Å². The van der Waals surface area contributed by atoms with Crippen molar-refractivity contribution in [2.24, 2.45) is 0 Å². The molecule has 1 heterocycles. The Labute approximate surface area is 94.8 Å². The maximum Gasteiger partial charge on any atom is 0.242 e. The van der Waals surface area contributed by atoms with Gasteiger partial charge in [0.15, 0.2) is 0 Å². The molecule has 0 spiro atoms. The van der Waals surface area contributed by atoms with E-state index in [-0.39, 0.29) is 18.5 Å². The molecule has 1 rings (SSSR count). The number of hydrogen-bond acceptors (Lipinski definition) is 4. The summed E-state index contributed by atoms with van der Waals surface area (Å²) in [6, 6.07) is 1.70. The molecule has 0 aliphatic carbocycles. The number of rotatable bonds is 6. The summed E-state index contributed by atoms with van der Waals surface area (Å²) in [7, 11) is 1.61. The van der Waals surface area contributed by atoms with Crippen LogP contribution in [0.4, 0.5) is 5.82 Å². The first-order valence-electron chi connectivity index (χ1n) is 5.23. The number of hydrogen-bond donors (Lipinski definition) is 2. The Morgan fingerprint density at radius 3 is 3.00 bits per heavy atom. The zero-order valence-electron chi connectivity index (χ0n) is 9.64. The monoisotopic (exact) mass is 226 g/mol. The molecule has 0 saturated heterocycles. The van der Waals surface area contributed by atoms with Crippen LogP contribution in [-0.4, -0.2) is 35.4 Å². The van der Waals surface area contributed by atoms with Gasteiger partial charge in [-0.3, -0.25) is 9.48 Å². The van der Waals surface area contributed by atoms with Gasteiger partial charge in [-0.15, -0.1) is 0 Å². The number of methoxy groups -OCH3 is 1. The number of carbonyl (C=O) groups is 1. The Morgan fingerprint density at radius 2 is 2.50 bits per heavy atom. The molecule has 0 radical (unpaired) electrons. The van der Waals surface area contributed by atoms with Crippen molar-refractivity contribution in [3.05, 3.63) is 12.3 Å². The molecular weight excluding hydrogens is 208 g/mol. The van der Waals surface area contributed by atoms with Crippen molar-refractivity contribution in [3.63, 3.8) is 0 Å². The Kier molecular flexibility index (Phi) is 4.78. The average Bonchev–Trinajstić information content (AvgIpc) is 2.63. The second kappa shape index (κ2) is 6.12. The third-order valence-corrected chi connectivity index (χ3v) is 2.19. The Morgan fingerprint density at radius 1 is 1.75 bits per heavy atom. The molecule has 1 aromatic heterocycles. The lowest BCUT2D eigenvalue weighted by Gasteiger charge is -2.15. The standard InChI is InChI=1S/C10H18N4O2/c1-3-8(7-16-2)12-10(15)6-14-5-4-9(11)13-14/h4-5,8H,3,6-7H2,1-2H3,(H2,11,13)(H,12,15). The lowest BCUT2D eigenvalue weighted by molar-refractivity contribution is -0.122. The number of nitrogens with one attached hydrogen (secondary N) is 1. The second-order valence-corrected chi connectivity index (χ2v) is 3.57. The maximum absolute atomic E-state index is 11.6. The van der Waals surface area contributed by atoms with E-state index in [2.05, 4.69) is 10.4 Å². The van der Waals surface area contributed by atoms with Crippen LogP contribution in [0.25, 0.3) is 0 Å². The fraction of sp³-hybridized carbons (Fsp3) is 0.600. The summed E-state index contributed by atoms with van der Waals surface area (Å²) in [5.41, 5.74) is 5.45. The van der Waals surface area contributed by atoms with Gasteiger partial charge in [0, 0.05) is 13.3 Å². The topological polar surface area (TPSA) is 82.2 Å². The Bertz CT molecular complexity index is 337. The fourth-order valence-corrected chi connectivity index (χ4v) is 1.35. The van der Waals surface area contributed by atoms with Crippen molar-refractivity contribution >= 4 is 11.7 Å². The number of amides is 1. The van der Waals surface area contributed by atoms with Crippen molar-refractivity contribution in [3.8, 4) is 0 Å². The van der Waals surface area contributed by atoms with Gasteiger partial charge in [0.1, 0.15) is 12.4 Å². The molecule has 6 heteroatoms. The molecular formula is C10H18N4O2. The minimum atomic E-state index is -0.0907. The van der Waals surface area contributed by atoms with Crippen LogP contribution in [0.1, 0.15) is 13.3 Å². The van der Waals surface area contributed by atoms with Gasteiger partial charge in [-0.1, -0.05) is 6.92 Å². The van der Waals surface area contributed by atoms with E-state index in [4.69, 9.17) is 10.5 Å². The number of carbonyl (C=O) groups excluding carboxylic acids is 1. The van der Waals surface area contributed by atoms with Crippen LogP contribution >= 0.6 is 0 Å². The van der Waals surface area contributed by atoms with Crippen molar-refractivity contribution in [2.75, 3.05) is 19.5 Å². The highest BCUT2D eigenvalue weighted by atomic mass is 16.5. The third-order valence-electron chi connectivity index (χ3n) is 2.19. The van der Waals surface area contributed by atoms with Gasteiger partial charge in [0.05, 0.1) is 12.6 Å². The number of nitrogens with two attached hydrogens (primary N) is 1. The van der Waals surface area contributed by atoms with Gasteiger partial charge in [-0.2, -0.15) is 5.10 Å². The first-order valence-corrected chi connectivity index (χ1v) is 5.23. The van der Waals surface area contributed by atoms with E-state index in [1.165, 1.54) is 4.68 Å². The minimum Gasteiger partial charge on any atom is -0.383 e. The van der Waals surface area contributed by atoms with Crippen LogP contribution in [0.5, 0.6) is 0 Å². The lowest BCUT2D eigenvalue weighted by atomic mass is 10.2. The summed E-state index contributed by atoms with van der Waals surface area (Å²) < 4.78 is 6.50. The van der Waals surface area contributed by atoms with Crippen LogP contribution in [0, 0.1) is 0 Å². The van der Waals surface area contributed by atoms with E-state index in [1.807, 2.05) is 6.92 Å². The summed E-state index contributed by atoms with van der Waals surface area (Å²) in [6.45, 7) is 2.69. The predicted molar refractivity (Wildman–Crippen MR) is 60.7 cm³/mol. The summed E-state index contributed by atoms with van der Waals surface area (Å²) in [5, 5.41) is 6.79. The van der Waals surface area contributed by atoms with Gasteiger partial charge in [-0.05, 0) is 12.5 Å². The number of ether oxygens (including phenoxy) is 1. The molecule has 0 aliphatic heterocycles. The molecule has 0 fully saturated rings. The van der Waals surface area contributed by atoms with E-state index in [0.29, 0.717) is 12.4 Å². The predicted octanol–water partition coefficient (Wildman–Crippen LogP) is 0.00650. The minimum absolute atomic E-state index is 0.0467. The Balaban J connectivity index is 2.40. The first kappa shape index (κ1) is 12.5. The summed E-state index contributed by atoms with van der Waals surface area (Å²) in [4.78, 5) is 11.6.